The average molecular weight is 415 g/mol. The molecule has 1 heterocycles. The fourth-order valence-electron chi connectivity index (χ4n) is 9.30. The molecule has 5 rings (SSSR count). The highest BCUT2D eigenvalue weighted by molar-refractivity contribution is 5.85. The van der Waals surface area contributed by atoms with Crippen molar-refractivity contribution in [1.29, 1.82) is 0 Å². The average Bonchev–Trinajstić information content (AvgIpc) is 3.25. The SMILES string of the molecule is CC1(C)C(=O)CC[C@]2(C)[C@H]3CC[C@]4(C)C(=CC[C@H]4C4COC(=O)C4)[C@]3(C)[C@H](O)C[C@@H]12. The van der Waals surface area contributed by atoms with Crippen molar-refractivity contribution in [3.63, 3.8) is 0 Å². The summed E-state index contributed by atoms with van der Waals surface area (Å²) in [6.45, 7) is 11.9. The van der Waals surface area contributed by atoms with Crippen molar-refractivity contribution in [2.75, 3.05) is 6.61 Å². The van der Waals surface area contributed by atoms with E-state index < -0.39 is 6.10 Å². The van der Waals surface area contributed by atoms with Crippen molar-refractivity contribution in [3.05, 3.63) is 11.6 Å². The number of hydrogen-bond donors (Lipinski definition) is 1. The predicted molar refractivity (Wildman–Crippen MR) is 114 cm³/mol. The van der Waals surface area contributed by atoms with Gasteiger partial charge in [-0.2, -0.15) is 0 Å². The lowest BCUT2D eigenvalue weighted by Gasteiger charge is -2.67. The second-order valence-electron chi connectivity index (χ2n) is 12.4. The van der Waals surface area contributed by atoms with E-state index >= 15 is 0 Å². The summed E-state index contributed by atoms with van der Waals surface area (Å²) in [5.74, 6) is 1.67. The van der Waals surface area contributed by atoms with Gasteiger partial charge in [0.2, 0.25) is 0 Å². The Morgan fingerprint density at radius 3 is 2.47 bits per heavy atom. The molecule has 1 aliphatic heterocycles. The molecule has 0 amide bonds. The van der Waals surface area contributed by atoms with E-state index in [2.05, 4.69) is 40.7 Å². The van der Waals surface area contributed by atoms with Gasteiger partial charge in [-0.1, -0.05) is 46.3 Å². The number of esters is 1. The zero-order valence-electron chi connectivity index (χ0n) is 19.3. The van der Waals surface area contributed by atoms with Crippen LogP contribution in [-0.2, 0) is 14.3 Å². The van der Waals surface area contributed by atoms with Crippen molar-refractivity contribution in [2.24, 2.45) is 45.3 Å². The fourth-order valence-corrected chi connectivity index (χ4v) is 9.30. The number of ether oxygens (including phenoxy) is 1. The van der Waals surface area contributed by atoms with Gasteiger partial charge in [0, 0.05) is 23.2 Å². The second kappa shape index (κ2) is 6.21. The highest BCUT2D eigenvalue weighted by Gasteiger charge is 2.68. The lowest BCUT2D eigenvalue weighted by molar-refractivity contribution is -0.191. The van der Waals surface area contributed by atoms with Gasteiger partial charge in [0.25, 0.3) is 0 Å². The van der Waals surface area contributed by atoms with Crippen LogP contribution in [0.4, 0.5) is 0 Å². The molecule has 0 aromatic carbocycles. The van der Waals surface area contributed by atoms with E-state index in [-0.39, 0.29) is 33.5 Å². The Kier molecular flexibility index (Phi) is 4.29. The summed E-state index contributed by atoms with van der Waals surface area (Å²) in [6.07, 6.45) is 8.07. The third-order valence-electron chi connectivity index (χ3n) is 10.9. The van der Waals surface area contributed by atoms with Gasteiger partial charge in [-0.25, -0.2) is 0 Å². The Morgan fingerprint density at radius 2 is 1.80 bits per heavy atom. The molecule has 8 atom stereocenters. The molecule has 3 saturated carbocycles. The third-order valence-corrected chi connectivity index (χ3v) is 10.9. The first-order valence-corrected chi connectivity index (χ1v) is 12.0. The Hall–Kier alpha value is -1.16. The second-order valence-corrected chi connectivity index (χ2v) is 12.4. The Morgan fingerprint density at radius 1 is 1.07 bits per heavy atom. The summed E-state index contributed by atoms with van der Waals surface area (Å²) in [4.78, 5) is 24.6. The maximum Gasteiger partial charge on any atom is 0.306 e. The largest absolute Gasteiger partial charge is 0.465 e. The first-order valence-electron chi connectivity index (χ1n) is 12.0. The number of Topliss-reactive ketones (excluding diaryl/α,β-unsaturated/α-hetero) is 1. The van der Waals surface area contributed by atoms with Crippen molar-refractivity contribution in [2.45, 2.75) is 85.7 Å². The van der Waals surface area contributed by atoms with Crippen LogP contribution in [0.5, 0.6) is 0 Å². The van der Waals surface area contributed by atoms with E-state index in [1.807, 2.05) is 0 Å². The number of hydrogen-bond acceptors (Lipinski definition) is 4. The van der Waals surface area contributed by atoms with E-state index in [1.165, 1.54) is 5.57 Å². The number of carbonyl (C=O) groups excluding carboxylic acids is 2. The molecule has 4 nitrogen and oxygen atoms in total. The molecule has 4 aliphatic carbocycles. The molecule has 0 aromatic rings. The van der Waals surface area contributed by atoms with Crippen molar-refractivity contribution in [1.82, 2.24) is 0 Å². The minimum Gasteiger partial charge on any atom is -0.465 e. The van der Waals surface area contributed by atoms with E-state index in [4.69, 9.17) is 4.74 Å². The zero-order chi connectivity index (χ0) is 21.7. The number of aliphatic hydroxyl groups is 1. The summed E-state index contributed by atoms with van der Waals surface area (Å²) in [7, 11) is 0. The number of aliphatic hydroxyl groups excluding tert-OH is 1. The van der Waals surface area contributed by atoms with E-state index in [0.717, 1.165) is 25.7 Å². The van der Waals surface area contributed by atoms with Gasteiger partial charge < -0.3 is 9.84 Å². The predicted octanol–water partition coefficient (Wildman–Crippen LogP) is 4.69. The maximum absolute atomic E-state index is 12.8. The monoisotopic (exact) mass is 414 g/mol. The summed E-state index contributed by atoms with van der Waals surface area (Å²) >= 11 is 0. The number of rotatable bonds is 1. The molecule has 0 radical (unpaired) electrons. The van der Waals surface area contributed by atoms with Crippen LogP contribution in [0.15, 0.2) is 11.6 Å². The van der Waals surface area contributed by atoms with Crippen LogP contribution in [0.1, 0.15) is 79.6 Å². The van der Waals surface area contributed by atoms with Gasteiger partial charge in [0.1, 0.15) is 5.78 Å². The first kappa shape index (κ1) is 20.7. The molecule has 1 N–H and O–H groups in total. The quantitative estimate of drug-likeness (QED) is 0.499. The Balaban J connectivity index is 1.53. The number of ketones is 1. The molecule has 1 saturated heterocycles. The highest BCUT2D eigenvalue weighted by atomic mass is 16.5. The zero-order valence-corrected chi connectivity index (χ0v) is 19.3. The normalized spacial score (nSPS) is 52.2. The molecule has 166 valence electrons. The third kappa shape index (κ3) is 2.38. The van der Waals surface area contributed by atoms with Crippen molar-refractivity contribution < 1.29 is 19.4 Å². The number of carbonyl (C=O) groups is 2. The van der Waals surface area contributed by atoms with Crippen LogP contribution in [0.25, 0.3) is 0 Å². The summed E-state index contributed by atoms with van der Waals surface area (Å²) in [5, 5.41) is 11.7. The summed E-state index contributed by atoms with van der Waals surface area (Å²) in [5.41, 5.74) is 0.959. The molecule has 0 bridgehead atoms. The van der Waals surface area contributed by atoms with Crippen LogP contribution in [0.3, 0.4) is 0 Å². The minimum atomic E-state index is -0.420. The van der Waals surface area contributed by atoms with E-state index in [0.29, 0.717) is 49.4 Å². The molecule has 0 aromatic heterocycles. The lowest BCUT2D eigenvalue weighted by atomic mass is 9.37. The highest BCUT2D eigenvalue weighted by Crippen LogP contribution is 2.72. The number of cyclic esters (lactones) is 1. The van der Waals surface area contributed by atoms with Crippen LogP contribution >= 0.6 is 0 Å². The number of allylic oxidation sites excluding steroid dienone is 1. The number of fused-ring (bicyclic) bond motifs is 5. The smallest absolute Gasteiger partial charge is 0.306 e. The first-order chi connectivity index (χ1) is 14.0. The standard InChI is InChI=1S/C26H38O4/c1-23(2)19-13-21(28)26(5)17-7-6-16(15-12-22(29)30-14-15)24(17,3)10-8-18(26)25(19,4)11-9-20(23)27/h7,15-16,18-19,21,28H,6,8-14H2,1-5H3/t15?,16-,18+,19-,21+,24-,25+,26-/m0/s1. The van der Waals surface area contributed by atoms with Gasteiger partial charge in [0.05, 0.1) is 19.1 Å². The van der Waals surface area contributed by atoms with Gasteiger partial charge in [-0.15, -0.1) is 0 Å². The molecule has 1 unspecified atom stereocenters. The molecular weight excluding hydrogens is 376 g/mol. The molecule has 4 heteroatoms. The van der Waals surface area contributed by atoms with Gasteiger partial charge in [0.15, 0.2) is 0 Å². The lowest BCUT2D eigenvalue weighted by Crippen LogP contribution is -2.64. The maximum atomic E-state index is 12.8. The van der Waals surface area contributed by atoms with Crippen molar-refractivity contribution in [3.8, 4) is 0 Å². The van der Waals surface area contributed by atoms with E-state index in [1.54, 1.807) is 0 Å². The summed E-state index contributed by atoms with van der Waals surface area (Å²) in [6, 6.07) is 0. The molecule has 30 heavy (non-hydrogen) atoms. The van der Waals surface area contributed by atoms with Gasteiger partial charge in [-0.05, 0) is 60.7 Å². The minimum absolute atomic E-state index is 0.0358. The van der Waals surface area contributed by atoms with Crippen LogP contribution in [0.2, 0.25) is 0 Å². The van der Waals surface area contributed by atoms with Crippen LogP contribution in [0, 0.1) is 45.3 Å². The molecule has 4 fully saturated rings. The van der Waals surface area contributed by atoms with Crippen molar-refractivity contribution >= 4 is 11.8 Å². The fraction of sp³-hybridized carbons (Fsp3) is 0.846. The topological polar surface area (TPSA) is 63.6 Å². The van der Waals surface area contributed by atoms with Gasteiger partial charge in [-0.3, -0.25) is 9.59 Å². The van der Waals surface area contributed by atoms with Crippen LogP contribution in [-0.4, -0.2) is 29.6 Å². The molecule has 5 aliphatic rings. The molecule has 0 spiro atoms. The van der Waals surface area contributed by atoms with Crippen LogP contribution < -0.4 is 0 Å². The Bertz CT molecular complexity index is 827. The van der Waals surface area contributed by atoms with E-state index in [9.17, 15) is 14.7 Å². The summed E-state index contributed by atoms with van der Waals surface area (Å²) < 4.78 is 5.33. The molecular formula is C26H38O4. The Labute approximate surface area is 180 Å². The van der Waals surface area contributed by atoms with Gasteiger partial charge >= 0.3 is 5.97 Å².